The minimum atomic E-state index is -0.155. The molecule has 26 heavy (non-hydrogen) atoms. The normalized spacial score (nSPS) is 17.7. The van der Waals surface area contributed by atoms with Gasteiger partial charge in [0.15, 0.2) is 23.0 Å². The van der Waals surface area contributed by atoms with E-state index in [2.05, 4.69) is 5.32 Å². The predicted molar refractivity (Wildman–Crippen MR) is 96.4 cm³/mol. The third-order valence-electron chi connectivity index (χ3n) is 4.54. The maximum Gasteiger partial charge on any atom is 0.231 e. The first-order valence-electron chi connectivity index (χ1n) is 8.63. The summed E-state index contributed by atoms with van der Waals surface area (Å²) in [6.07, 6.45) is 0.313. The number of anilines is 1. The molecule has 136 valence electrons. The van der Waals surface area contributed by atoms with Crippen LogP contribution in [0.5, 0.6) is 23.0 Å². The first kappa shape index (κ1) is 16.6. The van der Waals surface area contributed by atoms with E-state index in [1.54, 1.807) is 7.11 Å². The summed E-state index contributed by atoms with van der Waals surface area (Å²) in [4.78, 5) is 12.3. The van der Waals surface area contributed by atoms with Gasteiger partial charge in [-0.3, -0.25) is 4.79 Å². The minimum Gasteiger partial charge on any atom is -0.493 e. The summed E-state index contributed by atoms with van der Waals surface area (Å²) in [5, 5.41) is 2.93. The van der Waals surface area contributed by atoms with Gasteiger partial charge in [-0.2, -0.15) is 0 Å². The zero-order chi connectivity index (χ0) is 18.3. The van der Waals surface area contributed by atoms with Crippen molar-refractivity contribution in [3.63, 3.8) is 0 Å². The maximum absolute atomic E-state index is 12.3. The third-order valence-corrected chi connectivity index (χ3v) is 4.54. The molecule has 4 rings (SSSR count). The summed E-state index contributed by atoms with van der Waals surface area (Å²) in [5.74, 6) is 2.47. The Morgan fingerprint density at radius 1 is 1.15 bits per heavy atom. The van der Waals surface area contributed by atoms with Crippen LogP contribution in [0.2, 0.25) is 0 Å². The van der Waals surface area contributed by atoms with E-state index in [0.29, 0.717) is 29.4 Å². The molecular weight excluding hydrogens is 334 g/mol. The van der Waals surface area contributed by atoms with Crippen molar-refractivity contribution < 1.29 is 23.7 Å². The molecule has 2 aromatic carbocycles. The number of ether oxygens (including phenoxy) is 4. The van der Waals surface area contributed by atoms with Crippen molar-refractivity contribution in [3.8, 4) is 23.0 Å². The number of methoxy groups -OCH3 is 1. The number of amides is 1. The fourth-order valence-corrected chi connectivity index (χ4v) is 3.46. The first-order valence-corrected chi connectivity index (χ1v) is 8.63. The van der Waals surface area contributed by atoms with Crippen molar-refractivity contribution in [3.05, 3.63) is 41.5 Å². The second kappa shape index (κ2) is 6.44. The van der Waals surface area contributed by atoms with Crippen molar-refractivity contribution in [1.82, 2.24) is 0 Å². The van der Waals surface area contributed by atoms with Gasteiger partial charge in [-0.05, 0) is 31.5 Å². The van der Waals surface area contributed by atoms with Gasteiger partial charge in [-0.25, -0.2) is 0 Å². The number of benzene rings is 2. The van der Waals surface area contributed by atoms with E-state index in [1.165, 1.54) is 0 Å². The molecular formula is C20H21NO5. The number of carbonyl (C=O) groups excluding carboxylic acids is 1. The molecule has 2 aliphatic heterocycles. The Balaban J connectivity index is 1.86. The average Bonchev–Trinajstić information content (AvgIpc) is 3.06. The van der Waals surface area contributed by atoms with Crippen LogP contribution in [0.3, 0.4) is 0 Å². The van der Waals surface area contributed by atoms with Crippen LogP contribution in [0, 0.1) is 0 Å². The van der Waals surface area contributed by atoms with E-state index in [0.717, 1.165) is 16.8 Å². The molecule has 1 atom stereocenters. The minimum absolute atomic E-state index is 0.0151. The summed E-state index contributed by atoms with van der Waals surface area (Å²) < 4.78 is 22.5. The van der Waals surface area contributed by atoms with Gasteiger partial charge in [0.25, 0.3) is 0 Å². The van der Waals surface area contributed by atoms with Crippen LogP contribution in [0.15, 0.2) is 30.3 Å². The van der Waals surface area contributed by atoms with E-state index in [-0.39, 0.29) is 24.7 Å². The lowest BCUT2D eigenvalue weighted by Gasteiger charge is -2.28. The molecule has 0 saturated heterocycles. The second-order valence-electron chi connectivity index (χ2n) is 6.64. The van der Waals surface area contributed by atoms with E-state index in [1.807, 2.05) is 44.2 Å². The smallest absolute Gasteiger partial charge is 0.231 e. The van der Waals surface area contributed by atoms with Crippen LogP contribution in [-0.2, 0) is 4.79 Å². The number of hydrogen-bond acceptors (Lipinski definition) is 5. The van der Waals surface area contributed by atoms with Crippen LogP contribution in [0.1, 0.15) is 37.3 Å². The fourth-order valence-electron chi connectivity index (χ4n) is 3.46. The molecule has 0 aliphatic carbocycles. The van der Waals surface area contributed by atoms with Crippen LogP contribution in [-0.4, -0.2) is 25.9 Å². The predicted octanol–water partition coefficient (Wildman–Crippen LogP) is 3.69. The summed E-state index contributed by atoms with van der Waals surface area (Å²) >= 11 is 0. The Morgan fingerprint density at radius 2 is 1.92 bits per heavy atom. The standard InChI is InChI=1S/C20H21NO5/c1-11(2)26-20-12(5-4-6-16(20)23-3)13-8-19(22)21-15-9-18-17(7-14(13)15)24-10-25-18/h4-7,9,11,13H,8,10H2,1-3H3,(H,21,22)/t13-/m0/s1. The summed E-state index contributed by atoms with van der Waals surface area (Å²) in [5.41, 5.74) is 2.65. The molecule has 2 aromatic rings. The van der Waals surface area contributed by atoms with Crippen molar-refractivity contribution >= 4 is 11.6 Å². The average molecular weight is 355 g/mol. The quantitative estimate of drug-likeness (QED) is 0.906. The molecule has 2 heterocycles. The zero-order valence-electron chi connectivity index (χ0n) is 15.0. The lowest BCUT2D eigenvalue weighted by molar-refractivity contribution is -0.116. The van der Waals surface area contributed by atoms with E-state index < -0.39 is 0 Å². The molecule has 0 bridgehead atoms. The number of para-hydroxylation sites is 1. The van der Waals surface area contributed by atoms with Gasteiger partial charge in [-0.15, -0.1) is 0 Å². The molecule has 0 saturated carbocycles. The molecule has 0 unspecified atom stereocenters. The van der Waals surface area contributed by atoms with Gasteiger partial charge < -0.3 is 24.3 Å². The molecule has 0 aromatic heterocycles. The number of carbonyl (C=O) groups is 1. The number of nitrogens with one attached hydrogen (secondary N) is 1. The number of fused-ring (bicyclic) bond motifs is 2. The van der Waals surface area contributed by atoms with Gasteiger partial charge in [0.2, 0.25) is 12.7 Å². The fraction of sp³-hybridized carbons (Fsp3) is 0.350. The summed E-state index contributed by atoms with van der Waals surface area (Å²) in [6, 6.07) is 9.54. The zero-order valence-corrected chi connectivity index (χ0v) is 15.0. The Kier molecular flexibility index (Phi) is 4.11. The number of hydrogen-bond donors (Lipinski definition) is 1. The Bertz CT molecular complexity index is 862. The molecule has 0 spiro atoms. The Hall–Kier alpha value is -2.89. The lowest BCUT2D eigenvalue weighted by atomic mass is 9.84. The third kappa shape index (κ3) is 2.81. The van der Waals surface area contributed by atoms with Crippen LogP contribution in [0.25, 0.3) is 0 Å². The maximum atomic E-state index is 12.3. The van der Waals surface area contributed by atoms with Crippen LogP contribution in [0.4, 0.5) is 5.69 Å². The second-order valence-corrected chi connectivity index (χ2v) is 6.64. The lowest BCUT2D eigenvalue weighted by Crippen LogP contribution is -2.24. The highest BCUT2D eigenvalue weighted by Gasteiger charge is 2.32. The van der Waals surface area contributed by atoms with Crippen LogP contribution >= 0.6 is 0 Å². The summed E-state index contributed by atoms with van der Waals surface area (Å²) in [6.45, 7) is 4.13. The molecule has 1 N–H and O–H groups in total. The molecule has 2 aliphatic rings. The molecule has 0 fully saturated rings. The molecule has 1 amide bonds. The van der Waals surface area contributed by atoms with Crippen molar-refractivity contribution in [2.45, 2.75) is 32.3 Å². The van der Waals surface area contributed by atoms with E-state index in [4.69, 9.17) is 18.9 Å². The molecule has 6 heteroatoms. The first-order chi connectivity index (χ1) is 12.6. The Morgan fingerprint density at radius 3 is 2.65 bits per heavy atom. The number of rotatable bonds is 4. The topological polar surface area (TPSA) is 66.0 Å². The van der Waals surface area contributed by atoms with Crippen LogP contribution < -0.4 is 24.3 Å². The molecule has 6 nitrogen and oxygen atoms in total. The molecule has 0 radical (unpaired) electrons. The highest BCUT2D eigenvalue weighted by Crippen LogP contribution is 2.48. The Labute approximate surface area is 152 Å². The van der Waals surface area contributed by atoms with Crippen molar-refractivity contribution in [2.24, 2.45) is 0 Å². The summed E-state index contributed by atoms with van der Waals surface area (Å²) in [7, 11) is 1.62. The van der Waals surface area contributed by atoms with Crippen molar-refractivity contribution in [1.29, 1.82) is 0 Å². The highest BCUT2D eigenvalue weighted by atomic mass is 16.7. The van der Waals surface area contributed by atoms with E-state index in [9.17, 15) is 4.79 Å². The highest BCUT2D eigenvalue weighted by molar-refractivity contribution is 5.96. The van der Waals surface area contributed by atoms with Gasteiger partial charge in [-0.1, -0.05) is 12.1 Å². The van der Waals surface area contributed by atoms with Gasteiger partial charge >= 0.3 is 0 Å². The largest absolute Gasteiger partial charge is 0.493 e. The van der Waals surface area contributed by atoms with Gasteiger partial charge in [0.1, 0.15) is 0 Å². The monoisotopic (exact) mass is 355 g/mol. The van der Waals surface area contributed by atoms with Gasteiger partial charge in [0.05, 0.1) is 13.2 Å². The van der Waals surface area contributed by atoms with E-state index >= 15 is 0 Å². The SMILES string of the molecule is COc1cccc([C@@H]2CC(=O)Nc3cc4c(cc32)OCO4)c1OC(C)C. The van der Waals surface area contributed by atoms with Gasteiger partial charge in [0, 0.05) is 29.7 Å². The van der Waals surface area contributed by atoms with Crippen molar-refractivity contribution in [2.75, 3.05) is 19.2 Å².